The quantitative estimate of drug-likeness (QED) is 0.697. The van der Waals surface area contributed by atoms with Gasteiger partial charge in [-0.3, -0.25) is 0 Å². The summed E-state index contributed by atoms with van der Waals surface area (Å²) < 4.78 is 0. The predicted molar refractivity (Wildman–Crippen MR) is 58.5 cm³/mol. The zero-order chi connectivity index (χ0) is 8.39. The van der Waals surface area contributed by atoms with E-state index in [-0.39, 0.29) is 12.4 Å². The zero-order valence-electron chi connectivity index (χ0n) is 8.46. The first-order chi connectivity index (χ1) is 5.86. The summed E-state index contributed by atoms with van der Waals surface area (Å²) in [6.07, 6.45) is 5.65. The average molecular weight is 205 g/mol. The van der Waals surface area contributed by atoms with Gasteiger partial charge in [-0.25, -0.2) is 0 Å². The molecule has 0 spiro atoms. The number of hydrogen-bond acceptors (Lipinski definition) is 2. The predicted octanol–water partition coefficient (Wildman–Crippen LogP) is 1.50. The van der Waals surface area contributed by atoms with Gasteiger partial charge in [-0.15, -0.1) is 12.4 Å². The van der Waals surface area contributed by atoms with Crippen molar-refractivity contribution in [1.82, 2.24) is 10.2 Å². The van der Waals surface area contributed by atoms with Crippen LogP contribution >= 0.6 is 12.4 Å². The Morgan fingerprint density at radius 1 is 1.15 bits per heavy atom. The topological polar surface area (TPSA) is 15.3 Å². The minimum Gasteiger partial charge on any atom is -0.314 e. The molecule has 2 heterocycles. The van der Waals surface area contributed by atoms with Gasteiger partial charge in [0, 0.05) is 6.04 Å². The number of halogens is 1. The second-order valence-electron chi connectivity index (χ2n) is 4.34. The van der Waals surface area contributed by atoms with Crippen LogP contribution in [0.5, 0.6) is 0 Å². The summed E-state index contributed by atoms with van der Waals surface area (Å²) in [6.45, 7) is 3.88. The Kier molecular flexibility index (Phi) is 4.50. The summed E-state index contributed by atoms with van der Waals surface area (Å²) in [6, 6.07) is 0.860. The third-order valence-corrected chi connectivity index (χ3v) is 3.43. The lowest BCUT2D eigenvalue weighted by Gasteiger charge is -2.32. The summed E-state index contributed by atoms with van der Waals surface area (Å²) >= 11 is 0. The van der Waals surface area contributed by atoms with E-state index in [2.05, 4.69) is 17.3 Å². The Morgan fingerprint density at radius 2 is 1.85 bits per heavy atom. The van der Waals surface area contributed by atoms with Crippen molar-refractivity contribution in [2.24, 2.45) is 5.92 Å². The molecule has 13 heavy (non-hydrogen) atoms. The molecule has 0 aromatic heterocycles. The van der Waals surface area contributed by atoms with Crippen LogP contribution in [0.25, 0.3) is 0 Å². The van der Waals surface area contributed by atoms with Crippen LogP contribution in [-0.4, -0.2) is 37.6 Å². The minimum absolute atomic E-state index is 0. The van der Waals surface area contributed by atoms with Crippen molar-refractivity contribution in [2.45, 2.75) is 31.7 Å². The molecule has 0 bridgehead atoms. The fraction of sp³-hybridized carbons (Fsp3) is 1.00. The smallest absolute Gasteiger partial charge is 0.00967 e. The normalized spacial score (nSPS) is 31.6. The zero-order valence-corrected chi connectivity index (χ0v) is 9.28. The van der Waals surface area contributed by atoms with Gasteiger partial charge in [-0.05, 0) is 58.3 Å². The summed E-state index contributed by atoms with van der Waals surface area (Å²) in [5.41, 5.74) is 0. The van der Waals surface area contributed by atoms with Gasteiger partial charge in [0.2, 0.25) is 0 Å². The molecule has 0 aliphatic carbocycles. The molecule has 2 saturated heterocycles. The highest BCUT2D eigenvalue weighted by atomic mass is 35.5. The van der Waals surface area contributed by atoms with Crippen molar-refractivity contribution in [3.05, 3.63) is 0 Å². The maximum Gasteiger partial charge on any atom is 0.00967 e. The lowest BCUT2D eigenvalue weighted by Crippen LogP contribution is -2.39. The van der Waals surface area contributed by atoms with Crippen molar-refractivity contribution < 1.29 is 0 Å². The van der Waals surface area contributed by atoms with E-state index in [4.69, 9.17) is 0 Å². The fourth-order valence-corrected chi connectivity index (χ4v) is 2.54. The van der Waals surface area contributed by atoms with E-state index in [0.29, 0.717) is 0 Å². The van der Waals surface area contributed by atoms with Gasteiger partial charge in [0.05, 0.1) is 0 Å². The Balaban J connectivity index is 0.000000845. The monoisotopic (exact) mass is 204 g/mol. The molecule has 1 N–H and O–H groups in total. The van der Waals surface area contributed by atoms with E-state index in [1.807, 2.05) is 0 Å². The van der Waals surface area contributed by atoms with Gasteiger partial charge in [-0.1, -0.05) is 0 Å². The van der Waals surface area contributed by atoms with Crippen LogP contribution in [0.1, 0.15) is 25.7 Å². The third kappa shape index (κ3) is 2.83. The van der Waals surface area contributed by atoms with E-state index in [0.717, 1.165) is 12.0 Å². The van der Waals surface area contributed by atoms with E-state index >= 15 is 0 Å². The van der Waals surface area contributed by atoms with E-state index in [1.165, 1.54) is 45.3 Å². The Bertz CT molecular complexity index is 138. The average Bonchev–Trinajstić information content (AvgIpc) is 2.58. The minimum atomic E-state index is 0. The first kappa shape index (κ1) is 11.3. The van der Waals surface area contributed by atoms with Crippen molar-refractivity contribution >= 4 is 12.4 Å². The Morgan fingerprint density at radius 3 is 2.38 bits per heavy atom. The molecule has 0 aromatic rings. The largest absolute Gasteiger partial charge is 0.314 e. The van der Waals surface area contributed by atoms with Crippen LogP contribution < -0.4 is 5.32 Å². The summed E-state index contributed by atoms with van der Waals surface area (Å²) in [7, 11) is 2.23. The molecule has 2 aliphatic heterocycles. The van der Waals surface area contributed by atoms with Gasteiger partial charge in [0.15, 0.2) is 0 Å². The molecule has 2 fully saturated rings. The van der Waals surface area contributed by atoms with Gasteiger partial charge in [-0.2, -0.15) is 0 Å². The molecule has 0 amide bonds. The fourth-order valence-electron chi connectivity index (χ4n) is 2.54. The lowest BCUT2D eigenvalue weighted by molar-refractivity contribution is 0.191. The lowest BCUT2D eigenvalue weighted by atomic mass is 9.89. The number of nitrogens with zero attached hydrogens (tertiary/aromatic N) is 1. The summed E-state index contributed by atoms with van der Waals surface area (Å²) in [5.74, 6) is 0.976. The molecule has 0 aromatic carbocycles. The molecule has 78 valence electrons. The molecule has 2 rings (SSSR count). The van der Waals surface area contributed by atoms with Crippen LogP contribution in [0.2, 0.25) is 0 Å². The van der Waals surface area contributed by atoms with Crippen LogP contribution in [0.15, 0.2) is 0 Å². The van der Waals surface area contributed by atoms with Crippen molar-refractivity contribution in [3.8, 4) is 0 Å². The molecule has 0 saturated carbocycles. The van der Waals surface area contributed by atoms with Crippen LogP contribution in [-0.2, 0) is 0 Å². The second-order valence-corrected chi connectivity index (χ2v) is 4.34. The number of nitrogens with one attached hydrogen (secondary N) is 1. The molecule has 1 unspecified atom stereocenters. The first-order valence-electron chi connectivity index (χ1n) is 5.28. The number of rotatable bonds is 1. The van der Waals surface area contributed by atoms with E-state index in [1.54, 1.807) is 0 Å². The Labute approximate surface area is 87.5 Å². The first-order valence-corrected chi connectivity index (χ1v) is 5.28. The summed E-state index contributed by atoms with van der Waals surface area (Å²) in [4.78, 5) is 2.45. The highest BCUT2D eigenvalue weighted by molar-refractivity contribution is 5.85. The SMILES string of the molecule is CN1CCC(C2CCCN2)CC1.Cl. The van der Waals surface area contributed by atoms with E-state index < -0.39 is 0 Å². The molecular weight excluding hydrogens is 184 g/mol. The van der Waals surface area contributed by atoms with Crippen LogP contribution in [0, 0.1) is 5.92 Å². The number of hydrogen-bond donors (Lipinski definition) is 1. The van der Waals surface area contributed by atoms with E-state index in [9.17, 15) is 0 Å². The number of likely N-dealkylation sites (tertiary alicyclic amines) is 1. The van der Waals surface area contributed by atoms with Crippen LogP contribution in [0.4, 0.5) is 0 Å². The van der Waals surface area contributed by atoms with Gasteiger partial charge >= 0.3 is 0 Å². The van der Waals surface area contributed by atoms with Gasteiger partial charge in [0.25, 0.3) is 0 Å². The molecule has 1 atom stereocenters. The maximum absolute atomic E-state index is 3.62. The van der Waals surface area contributed by atoms with Crippen molar-refractivity contribution in [3.63, 3.8) is 0 Å². The molecular formula is C10H21ClN2. The standard InChI is InChI=1S/C10H20N2.ClH/c1-12-7-4-9(5-8-12)10-3-2-6-11-10;/h9-11H,2-8H2,1H3;1H. The second kappa shape index (κ2) is 5.18. The van der Waals surface area contributed by atoms with Crippen molar-refractivity contribution in [1.29, 1.82) is 0 Å². The highest BCUT2D eigenvalue weighted by Gasteiger charge is 2.26. The van der Waals surface area contributed by atoms with Crippen LogP contribution in [0.3, 0.4) is 0 Å². The maximum atomic E-state index is 3.62. The third-order valence-electron chi connectivity index (χ3n) is 3.43. The van der Waals surface area contributed by atoms with Crippen molar-refractivity contribution in [2.75, 3.05) is 26.7 Å². The summed E-state index contributed by atoms with van der Waals surface area (Å²) in [5, 5.41) is 3.62. The van der Waals surface area contributed by atoms with Gasteiger partial charge < -0.3 is 10.2 Å². The molecule has 2 aliphatic rings. The highest BCUT2D eigenvalue weighted by Crippen LogP contribution is 2.24. The number of piperidine rings is 1. The molecule has 3 heteroatoms. The Hall–Kier alpha value is 0.210. The molecule has 2 nitrogen and oxygen atoms in total. The van der Waals surface area contributed by atoms with Gasteiger partial charge in [0.1, 0.15) is 0 Å². The molecule has 0 radical (unpaired) electrons.